The smallest absolute Gasteiger partial charge is 0.410 e. The van der Waals surface area contributed by atoms with Crippen molar-refractivity contribution in [3.05, 3.63) is 34.9 Å². The quantitative estimate of drug-likeness (QED) is 0.920. The van der Waals surface area contributed by atoms with Crippen molar-refractivity contribution in [2.45, 2.75) is 32.4 Å². The molecular formula is C17H26ClN3O2. The Kier molecular flexibility index (Phi) is 5.89. The van der Waals surface area contributed by atoms with Gasteiger partial charge in [-0.25, -0.2) is 4.79 Å². The maximum atomic E-state index is 12.1. The van der Waals surface area contributed by atoms with E-state index in [9.17, 15) is 4.79 Å². The van der Waals surface area contributed by atoms with Gasteiger partial charge in [-0.2, -0.15) is 0 Å². The van der Waals surface area contributed by atoms with Crippen LogP contribution >= 0.6 is 11.6 Å². The highest BCUT2D eigenvalue weighted by Crippen LogP contribution is 2.24. The lowest BCUT2D eigenvalue weighted by molar-refractivity contribution is 0.0106. The molecule has 1 heterocycles. The summed E-state index contributed by atoms with van der Waals surface area (Å²) in [4.78, 5) is 16.2. The average Bonchev–Trinajstić information content (AvgIpc) is 2.47. The molecule has 2 rings (SSSR count). The highest BCUT2D eigenvalue weighted by molar-refractivity contribution is 6.30. The van der Waals surface area contributed by atoms with Crippen molar-refractivity contribution in [3.63, 3.8) is 0 Å². The van der Waals surface area contributed by atoms with Gasteiger partial charge < -0.3 is 15.4 Å². The van der Waals surface area contributed by atoms with Crippen molar-refractivity contribution in [1.82, 2.24) is 9.80 Å². The van der Waals surface area contributed by atoms with Crippen LogP contribution in [0.15, 0.2) is 24.3 Å². The summed E-state index contributed by atoms with van der Waals surface area (Å²) in [5.41, 5.74) is 6.63. The van der Waals surface area contributed by atoms with Gasteiger partial charge in [0.05, 0.1) is 0 Å². The standard InChI is InChI=1S/C17H26ClN3O2/c1-17(2,3)23-16(22)21-9-7-20(8-10-21)15(12-19)13-5-4-6-14(18)11-13/h4-6,11,15H,7-10,12,19H2,1-3H3. The molecule has 1 aromatic rings. The fourth-order valence-corrected chi connectivity index (χ4v) is 2.95. The van der Waals surface area contributed by atoms with Crippen LogP contribution in [-0.4, -0.2) is 54.2 Å². The van der Waals surface area contributed by atoms with Gasteiger partial charge in [0, 0.05) is 43.8 Å². The van der Waals surface area contributed by atoms with E-state index in [4.69, 9.17) is 22.1 Å². The van der Waals surface area contributed by atoms with Crippen LogP contribution in [0.25, 0.3) is 0 Å². The first-order chi connectivity index (χ1) is 10.8. The molecule has 1 aliphatic rings. The lowest BCUT2D eigenvalue weighted by atomic mass is 10.0. The Morgan fingerprint density at radius 3 is 2.48 bits per heavy atom. The molecule has 0 aromatic heterocycles. The summed E-state index contributed by atoms with van der Waals surface area (Å²) >= 11 is 6.08. The van der Waals surface area contributed by atoms with Gasteiger partial charge in [0.2, 0.25) is 0 Å². The maximum Gasteiger partial charge on any atom is 0.410 e. The van der Waals surface area contributed by atoms with E-state index in [0.29, 0.717) is 24.7 Å². The Morgan fingerprint density at radius 1 is 1.30 bits per heavy atom. The van der Waals surface area contributed by atoms with Gasteiger partial charge in [-0.05, 0) is 38.5 Å². The molecule has 1 aliphatic heterocycles. The van der Waals surface area contributed by atoms with Crippen LogP contribution in [0, 0.1) is 0 Å². The fraction of sp³-hybridized carbons (Fsp3) is 0.588. The molecule has 5 nitrogen and oxygen atoms in total. The third kappa shape index (κ3) is 5.09. The van der Waals surface area contributed by atoms with Crippen LogP contribution in [0.4, 0.5) is 4.79 Å². The van der Waals surface area contributed by atoms with Crippen LogP contribution in [0.2, 0.25) is 5.02 Å². The van der Waals surface area contributed by atoms with E-state index in [1.165, 1.54) is 0 Å². The van der Waals surface area contributed by atoms with Gasteiger partial charge in [0.15, 0.2) is 0 Å². The van der Waals surface area contributed by atoms with Crippen molar-refractivity contribution in [1.29, 1.82) is 0 Å². The molecule has 0 bridgehead atoms. The largest absolute Gasteiger partial charge is 0.444 e. The number of nitrogens with two attached hydrogens (primary N) is 1. The predicted molar refractivity (Wildman–Crippen MR) is 92.6 cm³/mol. The highest BCUT2D eigenvalue weighted by Gasteiger charge is 2.29. The highest BCUT2D eigenvalue weighted by atomic mass is 35.5. The van der Waals surface area contributed by atoms with Crippen molar-refractivity contribution in [2.75, 3.05) is 32.7 Å². The SMILES string of the molecule is CC(C)(C)OC(=O)N1CCN(C(CN)c2cccc(Cl)c2)CC1. The van der Waals surface area contributed by atoms with E-state index in [2.05, 4.69) is 4.90 Å². The number of ether oxygens (including phenoxy) is 1. The summed E-state index contributed by atoms with van der Waals surface area (Å²) in [6.45, 7) is 8.99. The van der Waals surface area contributed by atoms with Gasteiger partial charge in [0.25, 0.3) is 0 Å². The van der Waals surface area contributed by atoms with E-state index in [1.54, 1.807) is 4.90 Å². The number of carbonyl (C=O) groups is 1. The van der Waals surface area contributed by atoms with E-state index in [1.807, 2.05) is 45.0 Å². The Bertz CT molecular complexity index is 537. The molecule has 0 spiro atoms. The first-order valence-corrected chi connectivity index (χ1v) is 8.35. The minimum absolute atomic E-state index is 0.120. The predicted octanol–water partition coefficient (Wildman–Crippen LogP) is 2.89. The lowest BCUT2D eigenvalue weighted by Gasteiger charge is -2.39. The van der Waals surface area contributed by atoms with E-state index >= 15 is 0 Å². The van der Waals surface area contributed by atoms with Crippen molar-refractivity contribution in [3.8, 4) is 0 Å². The number of amides is 1. The topological polar surface area (TPSA) is 58.8 Å². The summed E-state index contributed by atoms with van der Waals surface area (Å²) < 4.78 is 5.43. The molecule has 1 unspecified atom stereocenters. The zero-order chi connectivity index (χ0) is 17.0. The summed E-state index contributed by atoms with van der Waals surface area (Å²) in [6, 6.07) is 7.92. The number of hydrogen-bond donors (Lipinski definition) is 1. The number of hydrogen-bond acceptors (Lipinski definition) is 4. The first-order valence-electron chi connectivity index (χ1n) is 7.97. The first kappa shape index (κ1) is 18.0. The molecule has 2 N–H and O–H groups in total. The molecule has 1 aromatic carbocycles. The Morgan fingerprint density at radius 2 is 1.96 bits per heavy atom. The molecule has 0 aliphatic carbocycles. The van der Waals surface area contributed by atoms with E-state index in [-0.39, 0.29) is 12.1 Å². The van der Waals surface area contributed by atoms with Crippen LogP contribution in [0.1, 0.15) is 32.4 Å². The minimum atomic E-state index is -0.463. The molecule has 128 valence electrons. The Labute approximate surface area is 143 Å². The molecule has 1 fully saturated rings. The zero-order valence-corrected chi connectivity index (χ0v) is 14.8. The molecule has 1 atom stereocenters. The normalized spacial score (nSPS) is 17.9. The minimum Gasteiger partial charge on any atom is -0.444 e. The van der Waals surface area contributed by atoms with E-state index < -0.39 is 5.60 Å². The second-order valence-electron chi connectivity index (χ2n) is 6.81. The van der Waals surface area contributed by atoms with Crippen molar-refractivity contribution in [2.24, 2.45) is 5.73 Å². The summed E-state index contributed by atoms with van der Waals surface area (Å²) in [6.07, 6.45) is -0.246. The molecule has 1 amide bonds. The average molecular weight is 340 g/mol. The molecule has 6 heteroatoms. The third-order valence-corrected chi connectivity index (χ3v) is 4.10. The van der Waals surface area contributed by atoms with Crippen LogP contribution in [-0.2, 0) is 4.74 Å². The van der Waals surface area contributed by atoms with Crippen LogP contribution in [0.3, 0.4) is 0 Å². The molecule has 23 heavy (non-hydrogen) atoms. The van der Waals surface area contributed by atoms with Gasteiger partial charge in [-0.3, -0.25) is 4.90 Å². The van der Waals surface area contributed by atoms with Gasteiger partial charge in [-0.1, -0.05) is 23.7 Å². The molecule has 0 saturated carbocycles. The summed E-state index contributed by atoms with van der Waals surface area (Å²) in [5, 5.41) is 0.716. The third-order valence-electron chi connectivity index (χ3n) is 3.86. The number of benzene rings is 1. The maximum absolute atomic E-state index is 12.1. The molecular weight excluding hydrogens is 314 g/mol. The summed E-state index contributed by atoms with van der Waals surface area (Å²) in [5.74, 6) is 0. The number of halogens is 1. The Balaban J connectivity index is 1.96. The second kappa shape index (κ2) is 7.51. The monoisotopic (exact) mass is 339 g/mol. The van der Waals surface area contributed by atoms with Gasteiger partial charge in [-0.15, -0.1) is 0 Å². The van der Waals surface area contributed by atoms with Crippen molar-refractivity contribution >= 4 is 17.7 Å². The number of piperazine rings is 1. The fourth-order valence-electron chi connectivity index (χ4n) is 2.75. The van der Waals surface area contributed by atoms with Gasteiger partial charge >= 0.3 is 6.09 Å². The number of nitrogens with zero attached hydrogens (tertiary/aromatic N) is 2. The molecule has 1 saturated heterocycles. The zero-order valence-electron chi connectivity index (χ0n) is 14.1. The van der Waals surface area contributed by atoms with Crippen LogP contribution in [0.5, 0.6) is 0 Å². The van der Waals surface area contributed by atoms with E-state index in [0.717, 1.165) is 18.7 Å². The summed E-state index contributed by atoms with van der Waals surface area (Å²) in [7, 11) is 0. The lowest BCUT2D eigenvalue weighted by Crippen LogP contribution is -2.51. The Hall–Kier alpha value is -1.30. The van der Waals surface area contributed by atoms with Gasteiger partial charge in [0.1, 0.15) is 5.60 Å². The second-order valence-corrected chi connectivity index (χ2v) is 7.25. The molecule has 0 radical (unpaired) electrons. The van der Waals surface area contributed by atoms with Crippen molar-refractivity contribution < 1.29 is 9.53 Å². The van der Waals surface area contributed by atoms with Crippen LogP contribution < -0.4 is 5.73 Å². The number of carbonyl (C=O) groups excluding carboxylic acids is 1. The number of rotatable bonds is 3.